The fourth-order valence-corrected chi connectivity index (χ4v) is 4.22. The summed E-state index contributed by atoms with van der Waals surface area (Å²) in [6, 6.07) is 12.1. The Hall–Kier alpha value is -3.09. The Morgan fingerprint density at radius 2 is 1.87 bits per heavy atom. The maximum Gasteiger partial charge on any atom is 0.305 e. The van der Waals surface area contributed by atoms with Gasteiger partial charge in [0.1, 0.15) is 5.75 Å². The minimum absolute atomic E-state index is 0.0244. The molecule has 0 unspecified atom stereocenters. The summed E-state index contributed by atoms with van der Waals surface area (Å²) in [4.78, 5) is 35.6. The molecule has 2 amide bonds. The lowest BCUT2D eigenvalue weighted by Gasteiger charge is -2.30. The zero-order valence-corrected chi connectivity index (χ0v) is 18.2. The number of hydrogen-bond donors (Lipinski definition) is 2. The summed E-state index contributed by atoms with van der Waals surface area (Å²) in [7, 11) is 3.01. The van der Waals surface area contributed by atoms with Crippen LogP contribution >= 0.6 is 0 Å². The molecule has 0 spiro atoms. The highest BCUT2D eigenvalue weighted by molar-refractivity contribution is 5.91. The van der Waals surface area contributed by atoms with E-state index in [4.69, 9.17) is 4.74 Å². The number of carbonyl (C=O) groups excluding carboxylic acids is 3. The molecule has 0 aliphatic carbocycles. The molecule has 2 aromatic rings. The van der Waals surface area contributed by atoms with E-state index in [9.17, 15) is 14.4 Å². The molecule has 0 radical (unpaired) electrons. The van der Waals surface area contributed by atoms with Crippen LogP contribution in [0.5, 0.6) is 5.75 Å². The van der Waals surface area contributed by atoms with Gasteiger partial charge in [0.05, 0.1) is 14.2 Å². The second-order valence-corrected chi connectivity index (χ2v) is 8.01. The molecule has 0 bridgehead atoms. The van der Waals surface area contributed by atoms with Gasteiger partial charge in [0.15, 0.2) is 0 Å². The minimum atomic E-state index is -0.447. The van der Waals surface area contributed by atoms with E-state index < -0.39 is 5.54 Å². The highest BCUT2D eigenvalue weighted by atomic mass is 16.5. The number of esters is 1. The van der Waals surface area contributed by atoms with Crippen LogP contribution in [0.1, 0.15) is 44.1 Å². The predicted molar refractivity (Wildman–Crippen MR) is 118 cm³/mol. The van der Waals surface area contributed by atoms with Crippen molar-refractivity contribution in [3.8, 4) is 5.75 Å². The van der Waals surface area contributed by atoms with E-state index in [0.29, 0.717) is 45.1 Å². The summed E-state index contributed by atoms with van der Waals surface area (Å²) < 4.78 is 10.1. The molecule has 1 saturated heterocycles. The smallest absolute Gasteiger partial charge is 0.305 e. The highest BCUT2D eigenvalue weighted by Gasteiger charge is 2.38. The standard InChI is InChI=1S/C24H30N2O5/c1-30-20-10-9-17(18-6-3-4-7-19(18)20)16-24(14-12-22(28)26-24)13-11-21(27)25-15-5-8-23(29)31-2/h3-4,6-7,9-10H,5,8,11-16H2,1-2H3,(H,25,27)(H,26,28)/t24-/m0/s1. The number of ether oxygens (including phenoxy) is 2. The number of rotatable bonds is 10. The van der Waals surface area contributed by atoms with Crippen molar-refractivity contribution in [3.63, 3.8) is 0 Å². The van der Waals surface area contributed by atoms with Gasteiger partial charge in [-0.2, -0.15) is 0 Å². The summed E-state index contributed by atoms with van der Waals surface area (Å²) in [5.74, 6) is 0.477. The average Bonchev–Trinajstić information content (AvgIpc) is 3.16. The van der Waals surface area contributed by atoms with E-state index in [2.05, 4.69) is 21.4 Å². The Kier molecular flexibility index (Phi) is 7.50. The first-order chi connectivity index (χ1) is 15.0. The van der Waals surface area contributed by atoms with E-state index in [1.165, 1.54) is 7.11 Å². The Labute approximate surface area is 182 Å². The zero-order chi connectivity index (χ0) is 22.3. The first kappa shape index (κ1) is 22.6. The molecule has 0 saturated carbocycles. The normalized spacial score (nSPS) is 17.9. The molecule has 31 heavy (non-hydrogen) atoms. The first-order valence-corrected chi connectivity index (χ1v) is 10.7. The molecule has 1 fully saturated rings. The van der Waals surface area contributed by atoms with Crippen LogP contribution < -0.4 is 15.4 Å². The van der Waals surface area contributed by atoms with Gasteiger partial charge in [0.2, 0.25) is 11.8 Å². The van der Waals surface area contributed by atoms with Gasteiger partial charge in [-0.3, -0.25) is 14.4 Å². The van der Waals surface area contributed by atoms with Crippen LogP contribution in [-0.2, 0) is 25.5 Å². The van der Waals surface area contributed by atoms with Crippen LogP contribution in [-0.4, -0.2) is 44.1 Å². The Balaban J connectivity index is 1.67. The lowest BCUT2D eigenvalue weighted by Crippen LogP contribution is -2.44. The molecule has 1 aliphatic rings. The zero-order valence-electron chi connectivity index (χ0n) is 18.2. The number of fused-ring (bicyclic) bond motifs is 1. The number of methoxy groups -OCH3 is 2. The van der Waals surface area contributed by atoms with Gasteiger partial charge in [-0.1, -0.05) is 30.3 Å². The number of amides is 2. The Morgan fingerprint density at radius 1 is 1.10 bits per heavy atom. The van der Waals surface area contributed by atoms with E-state index in [1.807, 2.05) is 30.3 Å². The van der Waals surface area contributed by atoms with Crippen LogP contribution in [0.15, 0.2) is 36.4 Å². The fraction of sp³-hybridized carbons (Fsp3) is 0.458. The fourth-order valence-electron chi connectivity index (χ4n) is 4.22. The van der Waals surface area contributed by atoms with Gasteiger partial charge in [-0.15, -0.1) is 0 Å². The van der Waals surface area contributed by atoms with Crippen LogP contribution in [0.3, 0.4) is 0 Å². The summed E-state index contributed by atoms with van der Waals surface area (Å²) in [5.41, 5.74) is 0.676. The van der Waals surface area contributed by atoms with Crippen molar-refractivity contribution in [1.29, 1.82) is 0 Å². The van der Waals surface area contributed by atoms with Gasteiger partial charge in [-0.05, 0) is 42.7 Å². The van der Waals surface area contributed by atoms with Crippen molar-refractivity contribution in [2.24, 2.45) is 0 Å². The SMILES string of the molecule is COC(=O)CCCNC(=O)CC[C@@]1(Cc2ccc(OC)c3ccccc23)CCC(=O)N1. The van der Waals surface area contributed by atoms with Gasteiger partial charge in [-0.25, -0.2) is 0 Å². The van der Waals surface area contributed by atoms with E-state index in [0.717, 1.165) is 22.1 Å². The number of hydrogen-bond acceptors (Lipinski definition) is 5. The summed E-state index contributed by atoms with van der Waals surface area (Å²) in [5, 5.41) is 8.12. The molecule has 1 atom stereocenters. The number of nitrogens with one attached hydrogen (secondary N) is 2. The van der Waals surface area contributed by atoms with Crippen molar-refractivity contribution in [3.05, 3.63) is 42.0 Å². The largest absolute Gasteiger partial charge is 0.496 e. The first-order valence-electron chi connectivity index (χ1n) is 10.7. The van der Waals surface area contributed by atoms with Crippen molar-refractivity contribution >= 4 is 28.6 Å². The Morgan fingerprint density at radius 3 is 2.55 bits per heavy atom. The molecule has 1 heterocycles. The highest BCUT2D eigenvalue weighted by Crippen LogP contribution is 2.34. The van der Waals surface area contributed by atoms with Crippen molar-refractivity contribution in [2.45, 2.75) is 50.5 Å². The van der Waals surface area contributed by atoms with Crippen LogP contribution in [0.4, 0.5) is 0 Å². The molecule has 2 aromatic carbocycles. The lowest BCUT2D eigenvalue weighted by molar-refractivity contribution is -0.140. The second-order valence-electron chi connectivity index (χ2n) is 8.01. The average molecular weight is 427 g/mol. The molecule has 7 heteroatoms. The van der Waals surface area contributed by atoms with Crippen LogP contribution in [0.2, 0.25) is 0 Å². The summed E-state index contributed by atoms with van der Waals surface area (Å²) in [6.07, 6.45) is 3.50. The third-order valence-electron chi connectivity index (χ3n) is 5.90. The molecular formula is C24H30N2O5. The number of benzene rings is 2. The third kappa shape index (κ3) is 5.75. The van der Waals surface area contributed by atoms with E-state index in [-0.39, 0.29) is 24.2 Å². The molecule has 3 rings (SSSR count). The maximum absolute atomic E-state index is 12.3. The van der Waals surface area contributed by atoms with Crippen LogP contribution in [0, 0.1) is 0 Å². The second kappa shape index (κ2) is 10.3. The van der Waals surface area contributed by atoms with Gasteiger partial charge >= 0.3 is 5.97 Å². The molecule has 166 valence electrons. The summed E-state index contributed by atoms with van der Waals surface area (Å²) in [6.45, 7) is 0.427. The van der Waals surface area contributed by atoms with Gasteiger partial charge in [0, 0.05) is 36.7 Å². The van der Waals surface area contributed by atoms with Crippen LogP contribution in [0.25, 0.3) is 10.8 Å². The molecule has 0 aromatic heterocycles. The van der Waals surface area contributed by atoms with Crippen molar-refractivity contribution in [1.82, 2.24) is 10.6 Å². The molecule has 2 N–H and O–H groups in total. The third-order valence-corrected chi connectivity index (χ3v) is 5.90. The Bertz CT molecular complexity index is 958. The van der Waals surface area contributed by atoms with Gasteiger partial charge < -0.3 is 20.1 Å². The molecule has 1 aliphatic heterocycles. The topological polar surface area (TPSA) is 93.7 Å². The van der Waals surface area contributed by atoms with Crippen molar-refractivity contribution < 1.29 is 23.9 Å². The maximum atomic E-state index is 12.3. The predicted octanol–water partition coefficient (Wildman–Crippen LogP) is 2.89. The molecular weight excluding hydrogens is 396 g/mol. The van der Waals surface area contributed by atoms with Gasteiger partial charge in [0.25, 0.3) is 0 Å². The van der Waals surface area contributed by atoms with Crippen molar-refractivity contribution in [2.75, 3.05) is 20.8 Å². The quantitative estimate of drug-likeness (QED) is 0.450. The monoisotopic (exact) mass is 426 g/mol. The minimum Gasteiger partial charge on any atom is -0.496 e. The van der Waals surface area contributed by atoms with E-state index >= 15 is 0 Å². The van der Waals surface area contributed by atoms with E-state index in [1.54, 1.807) is 7.11 Å². The lowest BCUT2D eigenvalue weighted by atomic mass is 9.83. The summed E-state index contributed by atoms with van der Waals surface area (Å²) >= 11 is 0. The molecule has 7 nitrogen and oxygen atoms in total. The number of carbonyl (C=O) groups is 3.